The minimum Gasteiger partial charge on any atom is -0.406 e. The molecule has 1 amide bonds. The molecule has 1 N–H and O–H groups in total. The molecule has 18 heavy (non-hydrogen) atoms. The fourth-order valence-electron chi connectivity index (χ4n) is 1.44. The van der Waals surface area contributed by atoms with Gasteiger partial charge in [0.05, 0.1) is 0 Å². The first-order valence-electron chi connectivity index (χ1n) is 5.15. The maximum atomic E-state index is 11.2. The minimum atomic E-state index is -1.65. The number of rotatable bonds is 3. The van der Waals surface area contributed by atoms with E-state index in [1.165, 1.54) is 21.3 Å². The van der Waals surface area contributed by atoms with Gasteiger partial charge in [-0.2, -0.15) is 0 Å². The number of amides is 1. The Labute approximate surface area is 104 Å². The van der Waals surface area contributed by atoms with Gasteiger partial charge in [-0.05, 0) is 12.1 Å². The molecule has 2 rings (SSSR count). The van der Waals surface area contributed by atoms with Gasteiger partial charge in [0, 0.05) is 21.3 Å². The molecule has 1 aromatic carbocycles. The third kappa shape index (κ3) is 2.05. The number of hydrogen-bond donors (Lipinski definition) is 1. The molecule has 0 bridgehead atoms. The van der Waals surface area contributed by atoms with Crippen molar-refractivity contribution in [2.24, 2.45) is 0 Å². The maximum Gasteiger partial charge on any atom is 0.509 e. The van der Waals surface area contributed by atoms with E-state index in [0.717, 1.165) is 0 Å². The summed E-state index contributed by atoms with van der Waals surface area (Å²) < 4.78 is 25.8. The Bertz CT molecular complexity index is 457. The van der Waals surface area contributed by atoms with E-state index < -0.39 is 12.3 Å². The summed E-state index contributed by atoms with van der Waals surface area (Å²) in [7, 11) is 4.20. The lowest BCUT2D eigenvalue weighted by Gasteiger charge is -2.21. The van der Waals surface area contributed by atoms with Gasteiger partial charge in [0.2, 0.25) is 5.75 Å². The van der Waals surface area contributed by atoms with Gasteiger partial charge in [-0.25, -0.2) is 4.79 Å². The Hall–Kier alpha value is -1.99. The average molecular weight is 255 g/mol. The number of carbonyl (C=O) groups is 1. The molecule has 0 radical (unpaired) electrons. The number of hydrogen-bond acceptors (Lipinski definition) is 6. The van der Waals surface area contributed by atoms with Gasteiger partial charge in [0.15, 0.2) is 11.5 Å². The van der Waals surface area contributed by atoms with Crippen LogP contribution in [-0.2, 0) is 9.47 Å². The van der Waals surface area contributed by atoms with Crippen LogP contribution in [0.25, 0.3) is 0 Å². The first-order chi connectivity index (χ1) is 8.64. The van der Waals surface area contributed by atoms with Crippen molar-refractivity contribution in [3.63, 3.8) is 0 Å². The summed E-state index contributed by atoms with van der Waals surface area (Å²) in [6, 6.07) is 4.87. The van der Waals surface area contributed by atoms with Crippen molar-refractivity contribution in [3.8, 4) is 17.2 Å². The van der Waals surface area contributed by atoms with Crippen LogP contribution in [0.4, 0.5) is 4.79 Å². The van der Waals surface area contributed by atoms with E-state index in [2.05, 4.69) is 5.32 Å². The second kappa shape index (κ2) is 4.71. The summed E-state index contributed by atoms with van der Waals surface area (Å²) in [4.78, 5) is 11.2. The summed E-state index contributed by atoms with van der Waals surface area (Å²) in [6.45, 7) is 0. The molecular weight excluding hydrogens is 242 g/mol. The first-order valence-corrected chi connectivity index (χ1v) is 5.15. The molecule has 0 atom stereocenters. The molecule has 0 aromatic heterocycles. The highest BCUT2D eigenvalue weighted by atomic mass is 17.0. The third-order valence-electron chi connectivity index (χ3n) is 2.31. The quantitative estimate of drug-likeness (QED) is 0.814. The predicted octanol–water partition coefficient (Wildman–Crippen LogP) is 1.08. The van der Waals surface area contributed by atoms with Crippen LogP contribution in [0.5, 0.6) is 17.2 Å². The molecule has 1 aromatic rings. The van der Waals surface area contributed by atoms with Gasteiger partial charge in [0.25, 0.3) is 0 Å². The van der Waals surface area contributed by atoms with Gasteiger partial charge < -0.3 is 19.5 Å². The number of nitrogens with one attached hydrogen (secondary N) is 1. The zero-order valence-electron chi connectivity index (χ0n) is 10.2. The number of methoxy groups -OCH3 is 2. The van der Waals surface area contributed by atoms with E-state index in [-0.39, 0.29) is 11.5 Å². The molecule has 0 saturated carbocycles. The van der Waals surface area contributed by atoms with E-state index in [1.54, 1.807) is 18.2 Å². The van der Waals surface area contributed by atoms with Crippen molar-refractivity contribution >= 4 is 6.09 Å². The second-order valence-electron chi connectivity index (χ2n) is 3.34. The predicted molar refractivity (Wildman–Crippen MR) is 59.5 cm³/mol. The third-order valence-corrected chi connectivity index (χ3v) is 2.31. The molecule has 1 heterocycles. The van der Waals surface area contributed by atoms with E-state index in [9.17, 15) is 4.79 Å². The highest BCUT2D eigenvalue weighted by molar-refractivity contribution is 5.72. The molecule has 98 valence electrons. The molecular formula is C11H13NO6. The Morgan fingerprint density at radius 2 is 2.00 bits per heavy atom. The van der Waals surface area contributed by atoms with Crippen molar-refractivity contribution in [2.45, 2.75) is 6.16 Å². The van der Waals surface area contributed by atoms with Crippen LogP contribution < -0.4 is 19.5 Å². The number of benzene rings is 1. The summed E-state index contributed by atoms with van der Waals surface area (Å²) >= 11 is 0. The monoisotopic (exact) mass is 255 g/mol. The largest absolute Gasteiger partial charge is 0.509 e. The number of para-hydroxylation sites is 1. The van der Waals surface area contributed by atoms with Crippen molar-refractivity contribution < 1.29 is 28.5 Å². The first kappa shape index (κ1) is 12.5. The average Bonchev–Trinajstić information content (AvgIpc) is 2.79. The van der Waals surface area contributed by atoms with Crippen LogP contribution in [0.15, 0.2) is 18.2 Å². The van der Waals surface area contributed by atoms with E-state index in [1.807, 2.05) is 0 Å². The molecule has 0 spiro atoms. The van der Waals surface area contributed by atoms with Gasteiger partial charge >= 0.3 is 12.3 Å². The van der Waals surface area contributed by atoms with E-state index >= 15 is 0 Å². The molecule has 7 heteroatoms. The highest BCUT2D eigenvalue weighted by Crippen LogP contribution is 2.46. The van der Waals surface area contributed by atoms with Crippen molar-refractivity contribution in [1.29, 1.82) is 0 Å². The smallest absolute Gasteiger partial charge is 0.406 e. The molecule has 1 aliphatic heterocycles. The SMILES string of the molecule is CNC(=O)Oc1cccc2c1OC(OC)(OC)O2. The van der Waals surface area contributed by atoms with Crippen LogP contribution in [0, 0.1) is 0 Å². The fraction of sp³-hybridized carbons (Fsp3) is 0.364. The maximum absolute atomic E-state index is 11.2. The van der Waals surface area contributed by atoms with Gasteiger partial charge in [-0.1, -0.05) is 6.07 Å². The van der Waals surface area contributed by atoms with Crippen LogP contribution in [0.1, 0.15) is 0 Å². The molecule has 0 aliphatic carbocycles. The van der Waals surface area contributed by atoms with Crippen molar-refractivity contribution in [3.05, 3.63) is 18.2 Å². The molecule has 0 unspecified atom stereocenters. The Morgan fingerprint density at radius 3 is 2.61 bits per heavy atom. The lowest BCUT2D eigenvalue weighted by Crippen LogP contribution is -2.42. The topological polar surface area (TPSA) is 75.3 Å². The standard InChI is InChI=1S/C11H13NO6/c1-12-10(13)16-7-5-4-6-8-9(7)18-11(14-2,15-3)17-8/h4-6H,1-3H3,(H,12,13). The number of fused-ring (bicyclic) bond motifs is 1. The number of ether oxygens (including phenoxy) is 5. The Morgan fingerprint density at radius 1 is 1.28 bits per heavy atom. The zero-order chi connectivity index (χ0) is 13.2. The number of carbonyl (C=O) groups excluding carboxylic acids is 1. The molecule has 0 saturated heterocycles. The lowest BCUT2D eigenvalue weighted by molar-refractivity contribution is -0.408. The van der Waals surface area contributed by atoms with Gasteiger partial charge in [-0.3, -0.25) is 9.47 Å². The summed E-state index contributed by atoms with van der Waals surface area (Å²) in [5.41, 5.74) is 0. The lowest BCUT2D eigenvalue weighted by atomic mass is 10.3. The van der Waals surface area contributed by atoms with Gasteiger partial charge in [0.1, 0.15) is 0 Å². The zero-order valence-corrected chi connectivity index (χ0v) is 10.2. The minimum absolute atomic E-state index is 0.211. The van der Waals surface area contributed by atoms with Crippen molar-refractivity contribution in [1.82, 2.24) is 5.32 Å². The summed E-state index contributed by atoms with van der Waals surface area (Å²) in [5, 5.41) is 2.33. The highest BCUT2D eigenvalue weighted by Gasteiger charge is 2.45. The fourth-order valence-corrected chi connectivity index (χ4v) is 1.44. The Balaban J connectivity index is 2.29. The van der Waals surface area contributed by atoms with E-state index in [4.69, 9.17) is 23.7 Å². The second-order valence-corrected chi connectivity index (χ2v) is 3.34. The van der Waals surface area contributed by atoms with E-state index in [0.29, 0.717) is 5.75 Å². The van der Waals surface area contributed by atoms with Gasteiger partial charge in [-0.15, -0.1) is 0 Å². The molecule has 1 aliphatic rings. The van der Waals surface area contributed by atoms with Crippen LogP contribution >= 0.6 is 0 Å². The molecule has 7 nitrogen and oxygen atoms in total. The van der Waals surface area contributed by atoms with Crippen LogP contribution in [0.3, 0.4) is 0 Å². The Kier molecular flexibility index (Phi) is 3.26. The van der Waals surface area contributed by atoms with Crippen LogP contribution in [0.2, 0.25) is 0 Å². The van der Waals surface area contributed by atoms with Crippen molar-refractivity contribution in [2.75, 3.05) is 21.3 Å². The summed E-state index contributed by atoms with van der Waals surface area (Å²) in [6.07, 6.45) is -2.26. The normalized spacial score (nSPS) is 15.3. The summed E-state index contributed by atoms with van der Waals surface area (Å²) in [5.74, 6) is 0.813. The molecule has 0 fully saturated rings. The van der Waals surface area contributed by atoms with Crippen LogP contribution in [-0.4, -0.2) is 33.5 Å².